The van der Waals surface area contributed by atoms with Crippen molar-refractivity contribution < 1.29 is 14.4 Å². The fourth-order valence-corrected chi connectivity index (χ4v) is 7.56. The van der Waals surface area contributed by atoms with Crippen LogP contribution in [0.5, 0.6) is 0 Å². The highest BCUT2D eigenvalue weighted by atomic mass is 35.5. The number of hydrogen-bond donors (Lipinski definition) is 3. The molecule has 8 rings (SSSR count). The SMILES string of the molecule is Cc1cc(-c2cc(Cl)cc(NC(=O)[C@@H](CCc3ccccn3)Cc3ccccc3)c2)ccn1.Cc1cc(-c2cc(Cl)cc(NC(=O)[C@@H](N)Cc3ccccc3)c2)ccn1.O=Cc1ccccn1. The van der Waals surface area contributed by atoms with E-state index in [9.17, 15) is 14.4 Å². The number of aldehydes is 1. The van der Waals surface area contributed by atoms with Crippen molar-refractivity contribution in [2.75, 3.05) is 10.6 Å². The highest BCUT2D eigenvalue weighted by molar-refractivity contribution is 6.31. The Hall–Kier alpha value is -7.37. The average Bonchev–Trinajstić information content (AvgIpc) is 3.34. The van der Waals surface area contributed by atoms with Gasteiger partial charge in [0.2, 0.25) is 11.8 Å². The van der Waals surface area contributed by atoms with Gasteiger partial charge in [-0.15, -0.1) is 0 Å². The number of carbonyl (C=O) groups excluding carboxylic acids is 3. The number of hydrogen-bond acceptors (Lipinski definition) is 8. The quantitative estimate of drug-likeness (QED) is 0.0911. The molecular formula is C55H51Cl2N7O3. The van der Waals surface area contributed by atoms with Crippen molar-refractivity contribution in [3.05, 3.63) is 226 Å². The molecule has 0 fully saturated rings. The van der Waals surface area contributed by atoms with E-state index in [0.717, 1.165) is 63.2 Å². The molecule has 4 heterocycles. The summed E-state index contributed by atoms with van der Waals surface area (Å²) in [5.74, 6) is -0.457. The number of nitrogens with two attached hydrogens (primary N) is 1. The second-order valence-electron chi connectivity index (χ2n) is 15.7. The molecule has 4 N–H and O–H groups in total. The van der Waals surface area contributed by atoms with Crippen molar-refractivity contribution in [1.82, 2.24) is 19.9 Å². The molecule has 0 saturated carbocycles. The lowest BCUT2D eigenvalue weighted by molar-refractivity contribution is -0.120. The lowest BCUT2D eigenvalue weighted by Crippen LogP contribution is -2.37. The van der Waals surface area contributed by atoms with Crippen LogP contribution in [-0.4, -0.2) is 44.1 Å². The monoisotopic (exact) mass is 927 g/mol. The molecule has 0 bridgehead atoms. The molecule has 0 aliphatic heterocycles. The number of aryl methyl sites for hydroxylation is 3. The van der Waals surface area contributed by atoms with E-state index in [1.807, 2.05) is 129 Å². The number of rotatable bonds is 14. The van der Waals surface area contributed by atoms with Gasteiger partial charge in [0.05, 0.1) is 6.04 Å². The van der Waals surface area contributed by atoms with Gasteiger partial charge in [0.1, 0.15) is 5.69 Å². The maximum absolute atomic E-state index is 13.4. The van der Waals surface area contributed by atoms with Gasteiger partial charge in [-0.1, -0.05) is 96.0 Å². The summed E-state index contributed by atoms with van der Waals surface area (Å²) in [7, 11) is 0. The number of halogens is 2. The average molecular weight is 929 g/mol. The molecule has 2 atom stereocenters. The molecule has 8 aromatic rings. The number of amides is 2. The molecule has 12 heteroatoms. The molecule has 0 spiro atoms. The third-order valence-corrected chi connectivity index (χ3v) is 10.8. The van der Waals surface area contributed by atoms with Crippen LogP contribution in [0.2, 0.25) is 10.0 Å². The number of benzene rings is 4. The largest absolute Gasteiger partial charge is 0.326 e. The second-order valence-corrected chi connectivity index (χ2v) is 16.6. The number of aromatic nitrogens is 4. The van der Waals surface area contributed by atoms with Gasteiger partial charge in [0.15, 0.2) is 6.29 Å². The summed E-state index contributed by atoms with van der Waals surface area (Å²) in [6.45, 7) is 3.88. The Morgan fingerprint density at radius 2 is 1.06 bits per heavy atom. The standard InChI is InChI=1S/C28H26ClN3O.C21H20ClN3O.C6H5NO/c1-20-15-22(12-14-30-20)24-17-25(29)19-27(18-24)32-28(33)23(16-21-7-3-2-4-8-21)10-11-26-9-5-6-13-31-26;1-14-9-16(7-8-24-14)17-11-18(22)13-19(12-17)25-21(26)20(23)10-15-5-3-2-4-6-15;8-5-6-3-1-2-4-7-6/h2-9,12-15,17-19,23H,10-11,16H2,1H3,(H,32,33);2-9,11-13,20H,10,23H2,1H3,(H,25,26);1-5H/t23-;20-;/m00./s1. The molecule has 0 aliphatic carbocycles. The highest BCUT2D eigenvalue weighted by Crippen LogP contribution is 2.30. The highest BCUT2D eigenvalue weighted by Gasteiger charge is 2.20. The first kappa shape index (κ1) is 49.1. The smallest absolute Gasteiger partial charge is 0.241 e. The summed E-state index contributed by atoms with van der Waals surface area (Å²) < 4.78 is 0. The Morgan fingerprint density at radius 1 is 0.552 bits per heavy atom. The lowest BCUT2D eigenvalue weighted by Gasteiger charge is -2.18. The zero-order chi connectivity index (χ0) is 47.4. The van der Waals surface area contributed by atoms with Crippen LogP contribution in [0, 0.1) is 19.8 Å². The number of pyridine rings is 4. The molecule has 4 aromatic carbocycles. The zero-order valence-corrected chi connectivity index (χ0v) is 38.7. The van der Waals surface area contributed by atoms with Gasteiger partial charge in [-0.25, -0.2) is 0 Å². The minimum atomic E-state index is -0.636. The lowest BCUT2D eigenvalue weighted by atomic mass is 9.93. The molecule has 2 amide bonds. The third kappa shape index (κ3) is 16.2. The Bertz CT molecular complexity index is 2840. The van der Waals surface area contributed by atoms with E-state index in [1.165, 1.54) is 0 Å². The first-order chi connectivity index (χ1) is 32.5. The third-order valence-electron chi connectivity index (χ3n) is 10.4. The van der Waals surface area contributed by atoms with Gasteiger partial charge in [-0.3, -0.25) is 34.3 Å². The van der Waals surface area contributed by atoms with Gasteiger partial charge in [0.25, 0.3) is 0 Å². The molecular weight excluding hydrogens is 878 g/mol. The molecule has 0 saturated heterocycles. The van der Waals surface area contributed by atoms with Crippen LogP contribution < -0.4 is 16.4 Å². The van der Waals surface area contributed by atoms with Gasteiger partial charge in [-0.05, 0) is 158 Å². The molecule has 10 nitrogen and oxygen atoms in total. The van der Waals surface area contributed by atoms with Crippen molar-refractivity contribution in [3.63, 3.8) is 0 Å². The van der Waals surface area contributed by atoms with E-state index in [1.54, 1.807) is 55.1 Å². The van der Waals surface area contributed by atoms with Crippen LogP contribution in [0.25, 0.3) is 22.3 Å². The minimum absolute atomic E-state index is 0.0195. The summed E-state index contributed by atoms with van der Waals surface area (Å²) in [4.78, 5) is 52.4. The summed E-state index contributed by atoms with van der Waals surface area (Å²) >= 11 is 12.6. The predicted molar refractivity (Wildman–Crippen MR) is 270 cm³/mol. The fourth-order valence-electron chi connectivity index (χ4n) is 7.09. The Morgan fingerprint density at radius 3 is 1.54 bits per heavy atom. The van der Waals surface area contributed by atoms with Crippen LogP contribution in [0.4, 0.5) is 11.4 Å². The summed E-state index contributed by atoms with van der Waals surface area (Å²) in [5, 5.41) is 7.09. The summed E-state index contributed by atoms with van der Waals surface area (Å²) in [6.07, 6.45) is 10.2. The first-order valence-corrected chi connectivity index (χ1v) is 22.5. The van der Waals surface area contributed by atoms with Crippen LogP contribution in [-0.2, 0) is 28.9 Å². The van der Waals surface area contributed by atoms with Crippen LogP contribution >= 0.6 is 23.2 Å². The van der Waals surface area contributed by atoms with Crippen molar-refractivity contribution in [1.29, 1.82) is 0 Å². The predicted octanol–water partition coefficient (Wildman–Crippen LogP) is 11.6. The van der Waals surface area contributed by atoms with Crippen molar-refractivity contribution >= 4 is 52.7 Å². The van der Waals surface area contributed by atoms with Crippen molar-refractivity contribution in [2.45, 2.75) is 45.6 Å². The van der Waals surface area contributed by atoms with E-state index < -0.39 is 6.04 Å². The van der Waals surface area contributed by atoms with Gasteiger partial charge in [0, 0.05) is 69.2 Å². The Kier molecular flexibility index (Phi) is 18.6. The van der Waals surface area contributed by atoms with E-state index in [2.05, 4.69) is 42.7 Å². The summed E-state index contributed by atoms with van der Waals surface area (Å²) in [6, 6.07) is 49.2. The topological polar surface area (TPSA) is 153 Å². The molecule has 0 radical (unpaired) electrons. The second kappa shape index (κ2) is 25.4. The van der Waals surface area contributed by atoms with Crippen molar-refractivity contribution in [3.8, 4) is 22.3 Å². The van der Waals surface area contributed by atoms with E-state index in [4.69, 9.17) is 28.9 Å². The van der Waals surface area contributed by atoms with E-state index in [0.29, 0.717) is 46.4 Å². The fraction of sp³-hybridized carbons (Fsp3) is 0.145. The minimum Gasteiger partial charge on any atom is -0.326 e. The van der Waals surface area contributed by atoms with Crippen LogP contribution in [0.1, 0.15) is 45.1 Å². The van der Waals surface area contributed by atoms with Gasteiger partial charge >= 0.3 is 0 Å². The maximum atomic E-state index is 13.4. The van der Waals surface area contributed by atoms with E-state index >= 15 is 0 Å². The van der Waals surface area contributed by atoms with Crippen LogP contribution in [0.3, 0.4) is 0 Å². The molecule has 0 unspecified atom stereocenters. The van der Waals surface area contributed by atoms with Gasteiger partial charge < -0.3 is 16.4 Å². The normalized spacial score (nSPS) is 11.4. The first-order valence-electron chi connectivity index (χ1n) is 21.7. The number of anilines is 2. The molecule has 4 aromatic heterocycles. The summed E-state index contributed by atoms with van der Waals surface area (Å²) in [5.41, 5.74) is 16.7. The van der Waals surface area contributed by atoms with E-state index in [-0.39, 0.29) is 17.7 Å². The molecule has 67 heavy (non-hydrogen) atoms. The number of nitrogens with zero attached hydrogens (tertiary/aromatic N) is 4. The number of nitrogens with one attached hydrogen (secondary N) is 2. The van der Waals surface area contributed by atoms with Gasteiger partial charge in [-0.2, -0.15) is 0 Å². The maximum Gasteiger partial charge on any atom is 0.241 e. The zero-order valence-electron chi connectivity index (χ0n) is 37.2. The number of carbonyl (C=O) groups is 3. The van der Waals surface area contributed by atoms with Crippen molar-refractivity contribution in [2.24, 2.45) is 11.7 Å². The molecule has 0 aliphatic rings. The van der Waals surface area contributed by atoms with Crippen LogP contribution in [0.15, 0.2) is 183 Å². The Labute approximate surface area is 401 Å². The molecule has 338 valence electrons. The Balaban J connectivity index is 0.000000193.